The van der Waals surface area contributed by atoms with Gasteiger partial charge in [0.15, 0.2) is 11.6 Å². The summed E-state index contributed by atoms with van der Waals surface area (Å²) < 4.78 is 24.8. The largest absolute Gasteiger partial charge is 0.346 e. The van der Waals surface area contributed by atoms with Crippen molar-refractivity contribution in [2.45, 2.75) is 35.2 Å². The van der Waals surface area contributed by atoms with Crippen LogP contribution in [0.25, 0.3) is 21.5 Å². The van der Waals surface area contributed by atoms with Crippen molar-refractivity contribution in [3.8, 4) is 0 Å². The van der Waals surface area contributed by atoms with Gasteiger partial charge in [0.1, 0.15) is 0 Å². The van der Waals surface area contributed by atoms with Crippen LogP contribution in [0.4, 0.5) is 0 Å². The molecule has 4 nitrogen and oxygen atoms in total. The molecule has 0 aromatic heterocycles. The van der Waals surface area contributed by atoms with Crippen LogP contribution >= 0.6 is 0 Å². The average Bonchev–Trinajstić information content (AvgIpc) is 3.65. The highest BCUT2D eigenvalue weighted by atomic mass is 16.7. The van der Waals surface area contributed by atoms with E-state index in [0.717, 1.165) is 0 Å². The second-order valence-electron chi connectivity index (χ2n) is 10.0. The maximum absolute atomic E-state index is 6.19. The molecule has 2 spiro atoms. The molecular weight excluding hydrogens is 400 g/mol. The van der Waals surface area contributed by atoms with E-state index in [0.29, 0.717) is 26.4 Å². The SMILES string of the molecule is C1=C[C@H]2c3cc4cc5cc6c(cc5cc4cc3[C@@H]1C21OCCO1)[C@@H]1C=C[C@H]6C12OCCO2. The highest BCUT2D eigenvalue weighted by molar-refractivity contribution is 6.00. The van der Waals surface area contributed by atoms with E-state index in [4.69, 9.17) is 18.9 Å². The fraction of sp³-hybridized carbons (Fsp3) is 0.357. The van der Waals surface area contributed by atoms with Crippen LogP contribution in [0.5, 0.6) is 0 Å². The molecule has 0 amide bonds. The molecule has 0 unspecified atom stereocenters. The molecule has 3 aromatic carbocycles. The van der Waals surface area contributed by atoms with Crippen LogP contribution in [0.1, 0.15) is 45.9 Å². The van der Waals surface area contributed by atoms with Crippen molar-refractivity contribution in [1.29, 1.82) is 0 Å². The van der Waals surface area contributed by atoms with E-state index in [2.05, 4.69) is 60.7 Å². The molecule has 4 heteroatoms. The lowest BCUT2D eigenvalue weighted by molar-refractivity contribution is -0.161. The average molecular weight is 422 g/mol. The first-order chi connectivity index (χ1) is 15.8. The molecule has 32 heavy (non-hydrogen) atoms. The monoisotopic (exact) mass is 422 g/mol. The highest BCUT2D eigenvalue weighted by Crippen LogP contribution is 2.61. The van der Waals surface area contributed by atoms with Crippen molar-refractivity contribution in [3.05, 3.63) is 83.0 Å². The van der Waals surface area contributed by atoms with Crippen LogP contribution < -0.4 is 0 Å². The van der Waals surface area contributed by atoms with Gasteiger partial charge in [-0.2, -0.15) is 0 Å². The van der Waals surface area contributed by atoms with E-state index in [1.54, 1.807) is 0 Å². The first-order valence-corrected chi connectivity index (χ1v) is 11.7. The van der Waals surface area contributed by atoms with E-state index >= 15 is 0 Å². The fourth-order valence-corrected chi connectivity index (χ4v) is 7.50. The molecule has 2 fully saturated rings. The molecule has 158 valence electrons. The van der Waals surface area contributed by atoms with E-state index in [9.17, 15) is 0 Å². The predicted molar refractivity (Wildman–Crippen MR) is 120 cm³/mol. The van der Waals surface area contributed by atoms with Gasteiger partial charge < -0.3 is 18.9 Å². The number of hydrogen-bond donors (Lipinski definition) is 0. The maximum atomic E-state index is 6.19. The minimum absolute atomic E-state index is 0.197. The van der Waals surface area contributed by atoms with Crippen molar-refractivity contribution in [2.24, 2.45) is 0 Å². The van der Waals surface area contributed by atoms with Crippen molar-refractivity contribution >= 4 is 21.5 Å². The molecule has 4 bridgehead atoms. The maximum Gasteiger partial charge on any atom is 0.189 e. The third kappa shape index (κ3) is 1.74. The van der Waals surface area contributed by atoms with Gasteiger partial charge in [-0.15, -0.1) is 0 Å². The molecule has 0 radical (unpaired) electrons. The van der Waals surface area contributed by atoms with E-state index in [1.807, 2.05) is 0 Å². The van der Waals surface area contributed by atoms with Crippen molar-refractivity contribution in [3.63, 3.8) is 0 Å². The summed E-state index contributed by atoms with van der Waals surface area (Å²) in [7, 11) is 0. The second kappa shape index (κ2) is 5.35. The zero-order chi connectivity index (χ0) is 20.7. The Bertz CT molecular complexity index is 1220. The summed E-state index contributed by atoms with van der Waals surface area (Å²) in [6.45, 7) is 2.73. The van der Waals surface area contributed by atoms with Gasteiger partial charge in [-0.05, 0) is 55.9 Å². The minimum atomic E-state index is -0.499. The molecule has 9 rings (SSSR count). The van der Waals surface area contributed by atoms with Gasteiger partial charge in [0.05, 0.1) is 50.1 Å². The molecule has 2 heterocycles. The minimum Gasteiger partial charge on any atom is -0.346 e. The Morgan fingerprint density at radius 2 is 0.719 bits per heavy atom. The second-order valence-corrected chi connectivity index (χ2v) is 10.0. The quantitative estimate of drug-likeness (QED) is 0.378. The van der Waals surface area contributed by atoms with Crippen LogP contribution in [-0.4, -0.2) is 38.0 Å². The Balaban J connectivity index is 1.23. The van der Waals surface area contributed by atoms with Gasteiger partial charge in [0.2, 0.25) is 0 Å². The summed E-state index contributed by atoms with van der Waals surface area (Å²) in [4.78, 5) is 0. The number of hydrogen-bond acceptors (Lipinski definition) is 4. The smallest absolute Gasteiger partial charge is 0.189 e. The summed E-state index contributed by atoms with van der Waals surface area (Å²) >= 11 is 0. The van der Waals surface area contributed by atoms with Crippen LogP contribution in [0.2, 0.25) is 0 Å². The third-order valence-corrected chi connectivity index (χ3v) is 8.74. The standard InChI is InChI=1S/C28H22O4/c1-2-24-20-12-16-10-18-14-22-21(25-3-4-26(22)28(25)31-7-8-32-28)13-17(18)9-15(16)11-19(20)23(1)27(24)29-5-6-30-27/h1-4,9-14,23-26H,5-8H2/t23-,24+,25+,26-. The van der Waals surface area contributed by atoms with Crippen LogP contribution in [0.3, 0.4) is 0 Å². The Labute approximate surface area is 185 Å². The van der Waals surface area contributed by atoms with Crippen molar-refractivity contribution in [1.82, 2.24) is 0 Å². The molecule has 0 saturated carbocycles. The number of rotatable bonds is 0. The van der Waals surface area contributed by atoms with Crippen LogP contribution in [0, 0.1) is 0 Å². The lowest BCUT2D eigenvalue weighted by atomic mass is 9.89. The fourth-order valence-electron chi connectivity index (χ4n) is 7.50. The van der Waals surface area contributed by atoms with E-state index in [-0.39, 0.29) is 23.7 Å². The Hall–Kier alpha value is -2.50. The lowest BCUT2D eigenvalue weighted by Gasteiger charge is -2.27. The highest BCUT2D eigenvalue weighted by Gasteiger charge is 2.60. The van der Waals surface area contributed by atoms with Gasteiger partial charge in [-0.1, -0.05) is 48.6 Å². The number of benzene rings is 3. The van der Waals surface area contributed by atoms with Crippen LogP contribution in [0.15, 0.2) is 60.7 Å². The number of fused-ring (bicyclic) bond motifs is 8. The zero-order valence-electron chi connectivity index (χ0n) is 17.5. The van der Waals surface area contributed by atoms with Crippen molar-refractivity contribution in [2.75, 3.05) is 26.4 Å². The summed E-state index contributed by atoms with van der Waals surface area (Å²) in [6.07, 6.45) is 9.12. The van der Waals surface area contributed by atoms with Gasteiger partial charge in [-0.3, -0.25) is 0 Å². The molecule has 6 aliphatic rings. The summed E-state index contributed by atoms with van der Waals surface area (Å²) in [6, 6.07) is 14.2. The Morgan fingerprint density at radius 3 is 1.00 bits per heavy atom. The van der Waals surface area contributed by atoms with E-state index in [1.165, 1.54) is 43.8 Å². The van der Waals surface area contributed by atoms with Crippen LogP contribution in [-0.2, 0) is 18.9 Å². The third-order valence-electron chi connectivity index (χ3n) is 8.74. The summed E-state index contributed by atoms with van der Waals surface area (Å²) in [5, 5.41) is 5.14. The first-order valence-electron chi connectivity index (χ1n) is 11.7. The number of ether oxygens (including phenoxy) is 4. The molecule has 0 N–H and O–H groups in total. The van der Waals surface area contributed by atoms with Gasteiger partial charge in [0.25, 0.3) is 0 Å². The lowest BCUT2D eigenvalue weighted by Crippen LogP contribution is -2.34. The Morgan fingerprint density at radius 1 is 0.438 bits per heavy atom. The summed E-state index contributed by atoms with van der Waals surface area (Å²) in [5.41, 5.74) is 5.45. The van der Waals surface area contributed by atoms with Crippen molar-refractivity contribution < 1.29 is 18.9 Å². The predicted octanol–water partition coefficient (Wildman–Crippen LogP) is 4.98. The molecule has 4 aliphatic carbocycles. The first kappa shape index (κ1) is 17.0. The van der Waals surface area contributed by atoms with Gasteiger partial charge in [-0.25, -0.2) is 0 Å². The molecule has 2 saturated heterocycles. The van der Waals surface area contributed by atoms with Gasteiger partial charge in [0, 0.05) is 0 Å². The molecular formula is C28H22O4. The van der Waals surface area contributed by atoms with E-state index < -0.39 is 11.6 Å². The van der Waals surface area contributed by atoms with Gasteiger partial charge >= 0.3 is 0 Å². The zero-order valence-corrected chi connectivity index (χ0v) is 17.5. The summed E-state index contributed by atoms with van der Waals surface area (Å²) in [5.74, 6) is -0.211. The molecule has 2 aliphatic heterocycles. The topological polar surface area (TPSA) is 36.9 Å². The molecule has 3 aromatic rings. The normalized spacial score (nSPS) is 33.5. The molecule has 4 atom stereocenters. The Kier molecular flexibility index (Phi) is 2.85.